The fraction of sp³-hybridized carbons (Fsp3) is 0.737. The number of esters is 3. The van der Waals surface area contributed by atoms with E-state index in [1.165, 1.54) is 89.7 Å². The molecule has 47 heavy (non-hydrogen) atoms. The minimum atomic E-state index is -0.982. The average Bonchev–Trinajstić information content (AvgIpc) is 3.04. The maximum Gasteiger partial charge on any atom is 0.329 e. The number of hydrogen-bond acceptors (Lipinski definition) is 8. The van der Waals surface area contributed by atoms with Gasteiger partial charge in [0.15, 0.2) is 6.10 Å². The molecule has 0 fully saturated rings. The van der Waals surface area contributed by atoms with E-state index in [0.29, 0.717) is 12.0 Å². The fourth-order valence-electron chi connectivity index (χ4n) is 5.36. The molecule has 0 saturated heterocycles. The van der Waals surface area contributed by atoms with Gasteiger partial charge in [-0.1, -0.05) is 129 Å². The van der Waals surface area contributed by atoms with Crippen LogP contribution in [0.3, 0.4) is 0 Å². The van der Waals surface area contributed by atoms with E-state index in [4.69, 9.17) is 14.2 Å². The zero-order chi connectivity index (χ0) is 34.5. The lowest BCUT2D eigenvalue weighted by Crippen LogP contribution is -2.43. The van der Waals surface area contributed by atoms with Crippen molar-refractivity contribution in [3.05, 3.63) is 29.8 Å². The third-order valence-corrected chi connectivity index (χ3v) is 8.15. The quantitative estimate of drug-likeness (QED) is 0.0499. The number of rotatable bonds is 29. The molecule has 0 radical (unpaired) electrons. The van der Waals surface area contributed by atoms with Crippen molar-refractivity contribution in [2.45, 2.75) is 168 Å². The van der Waals surface area contributed by atoms with Crippen LogP contribution in [0, 0.1) is 0 Å². The summed E-state index contributed by atoms with van der Waals surface area (Å²) in [5, 5.41) is 12.2. The molecule has 9 nitrogen and oxygen atoms in total. The van der Waals surface area contributed by atoms with Crippen molar-refractivity contribution in [2.24, 2.45) is 0 Å². The molecule has 0 aliphatic rings. The highest BCUT2D eigenvalue weighted by atomic mass is 16.6. The Kier molecular flexibility index (Phi) is 24.9. The normalized spacial score (nSPS) is 12.2. The summed E-state index contributed by atoms with van der Waals surface area (Å²) < 4.78 is 16.5. The lowest BCUT2D eigenvalue weighted by atomic mass is 10.1. The molecule has 1 rings (SSSR count). The number of hydrogen-bond donors (Lipinski definition) is 2. The van der Waals surface area contributed by atoms with Crippen molar-refractivity contribution in [2.75, 3.05) is 13.2 Å². The number of ether oxygens (including phenoxy) is 3. The second kappa shape index (κ2) is 28.0. The molecule has 0 aliphatic carbocycles. The van der Waals surface area contributed by atoms with E-state index >= 15 is 0 Å². The van der Waals surface area contributed by atoms with Crippen LogP contribution in [0.25, 0.3) is 0 Å². The molecule has 0 aromatic heterocycles. The van der Waals surface area contributed by atoms with Gasteiger partial charge in [-0.2, -0.15) is 0 Å². The predicted molar refractivity (Wildman–Crippen MR) is 185 cm³/mol. The number of unbranched alkanes of at least 4 members (excludes halogenated alkanes) is 16. The molecule has 2 N–H and O–H groups in total. The number of amides is 1. The van der Waals surface area contributed by atoms with E-state index in [-0.39, 0.29) is 44.2 Å². The number of carbonyl (C=O) groups is 4. The van der Waals surface area contributed by atoms with Crippen LogP contribution >= 0.6 is 0 Å². The van der Waals surface area contributed by atoms with Gasteiger partial charge in [0.2, 0.25) is 5.91 Å². The highest BCUT2D eigenvalue weighted by Crippen LogP contribution is 2.15. The Labute approximate surface area is 283 Å². The minimum Gasteiger partial charge on any atom is -0.508 e. The highest BCUT2D eigenvalue weighted by Gasteiger charge is 2.25. The lowest BCUT2D eigenvalue weighted by molar-refractivity contribution is -0.167. The summed E-state index contributed by atoms with van der Waals surface area (Å²) in [5.74, 6) is -1.81. The van der Waals surface area contributed by atoms with Crippen molar-refractivity contribution >= 4 is 23.8 Å². The van der Waals surface area contributed by atoms with Crippen molar-refractivity contribution in [1.29, 1.82) is 0 Å². The van der Waals surface area contributed by atoms with Crippen molar-refractivity contribution in [1.82, 2.24) is 5.32 Å². The summed E-state index contributed by atoms with van der Waals surface area (Å²) in [6.45, 7) is 5.20. The topological polar surface area (TPSA) is 128 Å². The second-order valence-corrected chi connectivity index (χ2v) is 12.7. The second-order valence-electron chi connectivity index (χ2n) is 12.7. The van der Waals surface area contributed by atoms with Gasteiger partial charge < -0.3 is 24.6 Å². The molecule has 2 atom stereocenters. The molecule has 0 heterocycles. The Morgan fingerprint density at radius 2 is 1.09 bits per heavy atom. The van der Waals surface area contributed by atoms with Gasteiger partial charge in [-0.15, -0.1) is 0 Å². The van der Waals surface area contributed by atoms with Crippen LogP contribution in [-0.4, -0.2) is 54.3 Å². The number of aromatic hydroxyl groups is 1. The Morgan fingerprint density at radius 1 is 0.638 bits per heavy atom. The lowest BCUT2D eigenvalue weighted by Gasteiger charge is -2.21. The summed E-state index contributed by atoms with van der Waals surface area (Å²) in [5.41, 5.74) is 0.716. The van der Waals surface area contributed by atoms with Crippen LogP contribution in [0.1, 0.15) is 155 Å². The smallest absolute Gasteiger partial charge is 0.329 e. The fourth-order valence-corrected chi connectivity index (χ4v) is 5.36. The molecule has 268 valence electrons. The highest BCUT2D eigenvalue weighted by molar-refractivity contribution is 5.83. The number of phenols is 1. The maximum atomic E-state index is 13.0. The van der Waals surface area contributed by atoms with E-state index in [9.17, 15) is 24.3 Å². The monoisotopic (exact) mass is 661 g/mol. The predicted octanol–water partition coefficient (Wildman–Crippen LogP) is 8.28. The van der Waals surface area contributed by atoms with Gasteiger partial charge in [0.05, 0.1) is 0 Å². The first-order valence-corrected chi connectivity index (χ1v) is 18.3. The van der Waals surface area contributed by atoms with E-state index in [0.717, 1.165) is 38.5 Å². The average molecular weight is 662 g/mol. The van der Waals surface area contributed by atoms with Gasteiger partial charge in [0.1, 0.15) is 25.0 Å². The zero-order valence-corrected chi connectivity index (χ0v) is 29.5. The first kappa shape index (κ1) is 41.9. The van der Waals surface area contributed by atoms with Gasteiger partial charge in [-0.3, -0.25) is 14.4 Å². The summed E-state index contributed by atoms with van der Waals surface area (Å²) in [7, 11) is 0. The van der Waals surface area contributed by atoms with E-state index in [2.05, 4.69) is 19.2 Å². The zero-order valence-electron chi connectivity index (χ0n) is 29.5. The molecule has 1 amide bonds. The van der Waals surface area contributed by atoms with Crippen LogP contribution in [0.4, 0.5) is 0 Å². The molecule has 1 aromatic carbocycles. The molecule has 0 saturated carbocycles. The third-order valence-electron chi connectivity index (χ3n) is 8.15. The molecule has 9 heteroatoms. The van der Waals surface area contributed by atoms with Crippen LogP contribution < -0.4 is 5.32 Å². The standard InChI is InChI=1S/C38H63NO8/c1-4-6-8-10-12-14-16-18-20-22-36(42)45-29-34(47-37(43)23-21-19-17-15-13-11-9-7-5-2)30-46-38(44)35(39-31(3)40)28-32-24-26-33(41)27-25-32/h24-27,34-35,41H,4-23,28-30H2,1-3H3,(H,39,40)/t34-,35-/m0/s1. The number of nitrogens with one attached hydrogen (secondary N) is 1. The Balaban J connectivity index is 2.59. The Hall–Kier alpha value is -3.10. The Morgan fingerprint density at radius 3 is 1.57 bits per heavy atom. The van der Waals surface area contributed by atoms with Crippen molar-refractivity contribution in [3.63, 3.8) is 0 Å². The summed E-state index contributed by atoms with van der Waals surface area (Å²) in [6.07, 6.45) is 20.1. The van der Waals surface area contributed by atoms with Gasteiger partial charge >= 0.3 is 17.9 Å². The molecule has 1 aromatic rings. The van der Waals surface area contributed by atoms with Gasteiger partial charge in [-0.25, -0.2) is 4.79 Å². The van der Waals surface area contributed by atoms with Crippen molar-refractivity contribution in [3.8, 4) is 5.75 Å². The minimum absolute atomic E-state index is 0.0897. The molecular weight excluding hydrogens is 598 g/mol. The molecule has 0 unspecified atom stereocenters. The number of carbonyl (C=O) groups excluding carboxylic acids is 4. The van der Waals surface area contributed by atoms with Gasteiger partial charge in [-0.05, 0) is 30.5 Å². The summed E-state index contributed by atoms with van der Waals surface area (Å²) in [6, 6.07) is 5.32. The Bertz CT molecular complexity index is 980. The summed E-state index contributed by atoms with van der Waals surface area (Å²) in [4.78, 5) is 49.9. The molecule has 0 bridgehead atoms. The van der Waals surface area contributed by atoms with E-state index < -0.39 is 30.0 Å². The van der Waals surface area contributed by atoms with Crippen LogP contribution in [-0.2, 0) is 39.8 Å². The van der Waals surface area contributed by atoms with Crippen molar-refractivity contribution < 1.29 is 38.5 Å². The van der Waals surface area contributed by atoms with Crippen LogP contribution in [0.15, 0.2) is 24.3 Å². The maximum absolute atomic E-state index is 13.0. The third kappa shape index (κ3) is 23.8. The van der Waals surface area contributed by atoms with Gasteiger partial charge in [0, 0.05) is 26.2 Å². The SMILES string of the molecule is CCCCCCCCCCCC(=O)OC[C@@H](COC(=O)[C@H](Cc1ccc(O)cc1)NC(C)=O)OC(=O)CCCCCCCCCCC. The van der Waals surface area contributed by atoms with E-state index in [1.807, 2.05) is 0 Å². The first-order chi connectivity index (χ1) is 22.7. The van der Waals surface area contributed by atoms with Gasteiger partial charge in [0.25, 0.3) is 0 Å². The number of benzene rings is 1. The first-order valence-electron chi connectivity index (χ1n) is 18.3. The summed E-state index contributed by atoms with van der Waals surface area (Å²) >= 11 is 0. The molecule has 0 aliphatic heterocycles. The van der Waals surface area contributed by atoms with Crippen LogP contribution in [0.2, 0.25) is 0 Å². The number of phenolic OH excluding ortho intramolecular Hbond substituents is 1. The molecular formula is C38H63NO8. The van der Waals surface area contributed by atoms with E-state index in [1.54, 1.807) is 12.1 Å². The van der Waals surface area contributed by atoms with Crippen LogP contribution in [0.5, 0.6) is 5.75 Å². The largest absolute Gasteiger partial charge is 0.508 e. The molecule has 0 spiro atoms.